The van der Waals surface area contributed by atoms with Crippen LogP contribution in [0.25, 0.3) is 11.4 Å². The highest BCUT2D eigenvalue weighted by Gasteiger charge is 2.04. The van der Waals surface area contributed by atoms with Crippen LogP contribution in [-0.2, 0) is 0 Å². The number of aromatic nitrogens is 2. The van der Waals surface area contributed by atoms with Gasteiger partial charge in [-0.15, -0.1) is 0 Å². The maximum atomic E-state index is 13.1. The minimum Gasteiger partial charge on any atom is -0.236 e. The zero-order chi connectivity index (χ0) is 10.8. The number of benzene rings is 1. The molecule has 76 valence electrons. The summed E-state index contributed by atoms with van der Waals surface area (Å²) in [6, 6.07) is 6.03. The summed E-state index contributed by atoms with van der Waals surface area (Å²) in [6.45, 7) is 0. The molecular formula is C10H5BrClFN2. The number of nitrogens with zero attached hydrogens (tertiary/aromatic N) is 2. The van der Waals surface area contributed by atoms with Crippen molar-refractivity contribution >= 4 is 27.5 Å². The Labute approximate surface area is 99.3 Å². The van der Waals surface area contributed by atoms with E-state index in [0.717, 1.165) is 0 Å². The maximum Gasteiger partial charge on any atom is 0.160 e. The number of hydrogen-bond donors (Lipinski definition) is 0. The lowest BCUT2D eigenvalue weighted by Gasteiger charge is -2.01. The molecule has 1 aromatic carbocycles. The average molecular weight is 288 g/mol. The van der Waals surface area contributed by atoms with E-state index in [1.807, 2.05) is 0 Å². The van der Waals surface area contributed by atoms with Gasteiger partial charge in [0, 0.05) is 16.2 Å². The molecule has 5 heteroatoms. The van der Waals surface area contributed by atoms with Crippen molar-refractivity contribution in [1.29, 1.82) is 0 Å². The van der Waals surface area contributed by atoms with E-state index in [2.05, 4.69) is 25.9 Å². The fourth-order valence-corrected chi connectivity index (χ4v) is 1.76. The first-order valence-corrected chi connectivity index (χ1v) is 5.27. The van der Waals surface area contributed by atoms with Gasteiger partial charge in [-0.1, -0.05) is 27.5 Å². The highest BCUT2D eigenvalue weighted by atomic mass is 79.9. The predicted octanol–water partition coefficient (Wildman–Crippen LogP) is 3.70. The molecule has 2 nitrogen and oxygen atoms in total. The maximum absolute atomic E-state index is 13.1. The van der Waals surface area contributed by atoms with Crippen LogP contribution in [-0.4, -0.2) is 9.97 Å². The third-order valence-corrected chi connectivity index (χ3v) is 2.41. The summed E-state index contributed by atoms with van der Waals surface area (Å²) in [7, 11) is 0. The van der Waals surface area contributed by atoms with Crippen LogP contribution in [0.4, 0.5) is 4.39 Å². The van der Waals surface area contributed by atoms with E-state index >= 15 is 0 Å². The van der Waals surface area contributed by atoms with Gasteiger partial charge in [-0.05, 0) is 24.3 Å². The van der Waals surface area contributed by atoms with Gasteiger partial charge in [0.05, 0.1) is 0 Å². The number of rotatable bonds is 1. The molecule has 2 rings (SSSR count). The average Bonchev–Trinajstić information content (AvgIpc) is 2.16. The van der Waals surface area contributed by atoms with Crippen LogP contribution in [0, 0.1) is 5.82 Å². The normalized spacial score (nSPS) is 10.3. The number of hydrogen-bond acceptors (Lipinski definition) is 2. The molecule has 0 amide bonds. The second-order valence-corrected chi connectivity index (χ2v) is 4.16. The molecular weight excluding hydrogens is 282 g/mol. The Bertz CT molecular complexity index is 484. The molecule has 0 saturated heterocycles. The van der Waals surface area contributed by atoms with Gasteiger partial charge >= 0.3 is 0 Å². The van der Waals surface area contributed by atoms with Gasteiger partial charge < -0.3 is 0 Å². The van der Waals surface area contributed by atoms with E-state index in [1.54, 1.807) is 12.1 Å². The van der Waals surface area contributed by atoms with Crippen molar-refractivity contribution < 1.29 is 4.39 Å². The van der Waals surface area contributed by atoms with Crippen LogP contribution < -0.4 is 0 Å². The van der Waals surface area contributed by atoms with E-state index in [0.29, 0.717) is 21.0 Å². The summed E-state index contributed by atoms with van der Waals surface area (Å²) in [4.78, 5) is 8.00. The third-order valence-electron chi connectivity index (χ3n) is 1.74. The zero-order valence-electron chi connectivity index (χ0n) is 7.42. The van der Waals surface area contributed by atoms with E-state index < -0.39 is 0 Å². The molecule has 0 aliphatic carbocycles. The summed E-state index contributed by atoms with van der Waals surface area (Å²) in [6.07, 6.45) is 1.53. The van der Waals surface area contributed by atoms with Crippen LogP contribution in [0.3, 0.4) is 0 Å². The lowest BCUT2D eigenvalue weighted by molar-refractivity contribution is 0.627. The van der Waals surface area contributed by atoms with E-state index in [9.17, 15) is 4.39 Å². The molecule has 0 N–H and O–H groups in total. The second-order valence-electron chi connectivity index (χ2n) is 2.86. The molecule has 0 unspecified atom stereocenters. The van der Waals surface area contributed by atoms with Gasteiger partial charge in [-0.3, -0.25) is 0 Å². The zero-order valence-corrected chi connectivity index (χ0v) is 9.76. The highest BCUT2D eigenvalue weighted by Crippen LogP contribution is 2.22. The largest absolute Gasteiger partial charge is 0.236 e. The molecule has 0 fully saturated rings. The summed E-state index contributed by atoms with van der Waals surface area (Å²) in [5.74, 6) is 0.0608. The molecule has 1 aromatic heterocycles. The minimum atomic E-state index is -0.344. The van der Waals surface area contributed by atoms with Crippen LogP contribution in [0.1, 0.15) is 0 Å². The van der Waals surface area contributed by atoms with Crippen LogP contribution in [0.5, 0.6) is 0 Å². The molecule has 0 aliphatic heterocycles. The molecule has 15 heavy (non-hydrogen) atoms. The smallest absolute Gasteiger partial charge is 0.160 e. The van der Waals surface area contributed by atoms with Crippen molar-refractivity contribution in [2.75, 3.05) is 0 Å². The Morgan fingerprint density at radius 2 is 2.07 bits per heavy atom. The van der Waals surface area contributed by atoms with Gasteiger partial charge in [0.25, 0.3) is 0 Å². The van der Waals surface area contributed by atoms with E-state index in [4.69, 9.17) is 11.6 Å². The lowest BCUT2D eigenvalue weighted by atomic mass is 10.2. The lowest BCUT2D eigenvalue weighted by Crippen LogP contribution is -1.89. The van der Waals surface area contributed by atoms with Crippen molar-refractivity contribution in [2.24, 2.45) is 0 Å². The van der Waals surface area contributed by atoms with Gasteiger partial charge in [0.15, 0.2) is 5.82 Å². The Morgan fingerprint density at radius 1 is 1.27 bits per heavy atom. The Kier molecular flexibility index (Phi) is 2.98. The molecule has 0 atom stereocenters. The van der Waals surface area contributed by atoms with E-state index in [1.165, 1.54) is 18.3 Å². The predicted molar refractivity (Wildman–Crippen MR) is 60.1 cm³/mol. The first-order chi connectivity index (χ1) is 7.15. The molecule has 2 aromatic rings. The minimum absolute atomic E-state index is 0.334. The van der Waals surface area contributed by atoms with Crippen molar-refractivity contribution in [2.45, 2.75) is 0 Å². The first kappa shape index (κ1) is 10.5. The molecule has 0 aliphatic rings. The molecule has 0 radical (unpaired) electrons. The fourth-order valence-electron chi connectivity index (χ4n) is 1.16. The Hall–Kier alpha value is -1.00. The van der Waals surface area contributed by atoms with Crippen LogP contribution >= 0.6 is 27.5 Å². The molecule has 1 heterocycles. The molecule has 0 spiro atoms. The van der Waals surface area contributed by atoms with Crippen molar-refractivity contribution in [1.82, 2.24) is 9.97 Å². The summed E-state index contributed by atoms with van der Waals surface area (Å²) in [5.41, 5.74) is 0.587. The monoisotopic (exact) mass is 286 g/mol. The van der Waals surface area contributed by atoms with Crippen LogP contribution in [0.2, 0.25) is 5.15 Å². The van der Waals surface area contributed by atoms with Crippen LogP contribution in [0.15, 0.2) is 34.9 Å². The summed E-state index contributed by atoms with van der Waals surface area (Å²) >= 11 is 8.92. The number of halogens is 3. The van der Waals surface area contributed by atoms with Gasteiger partial charge in [-0.2, -0.15) is 0 Å². The molecule has 0 saturated carbocycles. The van der Waals surface area contributed by atoms with Gasteiger partial charge in [0.2, 0.25) is 0 Å². The Balaban J connectivity index is 2.54. The SMILES string of the molecule is Fc1cc(Br)cc(-c2nccc(Cl)n2)c1. The fraction of sp³-hybridized carbons (Fsp3) is 0. The highest BCUT2D eigenvalue weighted by molar-refractivity contribution is 9.10. The molecule has 0 bridgehead atoms. The van der Waals surface area contributed by atoms with Gasteiger partial charge in [0.1, 0.15) is 11.0 Å². The second kappa shape index (κ2) is 4.24. The third kappa shape index (κ3) is 2.52. The first-order valence-electron chi connectivity index (χ1n) is 4.10. The van der Waals surface area contributed by atoms with Crippen molar-refractivity contribution in [3.8, 4) is 11.4 Å². The van der Waals surface area contributed by atoms with Crippen molar-refractivity contribution in [3.05, 3.63) is 45.9 Å². The summed E-state index contributed by atoms with van der Waals surface area (Å²) in [5, 5.41) is 0.334. The quantitative estimate of drug-likeness (QED) is 0.747. The standard InChI is InChI=1S/C10H5BrClFN2/c11-7-3-6(4-8(13)5-7)10-14-2-1-9(12)15-10/h1-5H. The van der Waals surface area contributed by atoms with Crippen molar-refractivity contribution in [3.63, 3.8) is 0 Å². The summed E-state index contributed by atoms with van der Waals surface area (Å²) < 4.78 is 13.7. The van der Waals surface area contributed by atoms with E-state index in [-0.39, 0.29) is 5.82 Å². The van der Waals surface area contributed by atoms with Gasteiger partial charge in [-0.25, -0.2) is 14.4 Å². The Morgan fingerprint density at radius 3 is 2.73 bits per heavy atom. The topological polar surface area (TPSA) is 25.8 Å².